The lowest BCUT2D eigenvalue weighted by atomic mass is 9.96. The van der Waals surface area contributed by atoms with Crippen molar-refractivity contribution in [2.24, 2.45) is 21.6 Å². The van der Waals surface area contributed by atoms with Crippen molar-refractivity contribution in [1.82, 2.24) is 15.2 Å². The van der Waals surface area contributed by atoms with Crippen LogP contribution in [-0.4, -0.2) is 42.1 Å². The Hall–Kier alpha value is -2.80. The molecule has 0 aromatic carbocycles. The molecular weight excluding hydrogens is 391 g/mol. The number of hydrogen-bond donors (Lipinski definition) is 2. The van der Waals surface area contributed by atoms with E-state index in [1.54, 1.807) is 6.20 Å². The average Bonchev–Trinajstić information content (AvgIpc) is 3.14. The Morgan fingerprint density at radius 3 is 2.87 bits per heavy atom. The molecule has 3 rings (SSSR count). The molecular formula is C24H33FN6. The van der Waals surface area contributed by atoms with Crippen LogP contribution < -0.4 is 11.1 Å². The van der Waals surface area contributed by atoms with E-state index in [0.29, 0.717) is 19.0 Å². The minimum absolute atomic E-state index is 0.290. The third-order valence-electron chi connectivity index (χ3n) is 5.67. The standard InChI is InChI=1S/C24H33FN6/c1-4-5-6-11-29-24-22(17(2)27-3)30-23(20-12-21(25)15-28-14-20)31(24)16-19-9-7-18(13-26)8-10-19/h7,9-10,12,14-15,18,23,30H,3-6,8,11,13,16,26H2,1-2H3/b22-17+,29-24?. The third-order valence-corrected chi connectivity index (χ3v) is 5.67. The number of nitrogens with zero attached hydrogens (tertiary/aromatic N) is 4. The topological polar surface area (TPSA) is 78.9 Å². The first kappa shape index (κ1) is 22.9. The van der Waals surface area contributed by atoms with Crippen LogP contribution in [0.15, 0.2) is 63.6 Å². The zero-order valence-corrected chi connectivity index (χ0v) is 18.5. The summed E-state index contributed by atoms with van der Waals surface area (Å²) >= 11 is 0. The fraction of sp³-hybridized carbons (Fsp3) is 0.458. The summed E-state index contributed by atoms with van der Waals surface area (Å²) in [4.78, 5) is 15.3. The van der Waals surface area contributed by atoms with Crippen molar-refractivity contribution in [1.29, 1.82) is 0 Å². The van der Waals surface area contributed by atoms with Crippen LogP contribution in [-0.2, 0) is 0 Å². The molecule has 0 amide bonds. The van der Waals surface area contributed by atoms with Gasteiger partial charge < -0.3 is 16.0 Å². The van der Waals surface area contributed by atoms with Crippen LogP contribution >= 0.6 is 0 Å². The van der Waals surface area contributed by atoms with Crippen molar-refractivity contribution in [3.63, 3.8) is 0 Å². The van der Waals surface area contributed by atoms with Gasteiger partial charge in [0.25, 0.3) is 0 Å². The number of halogens is 1. The molecule has 1 fully saturated rings. The van der Waals surface area contributed by atoms with Crippen molar-refractivity contribution in [2.75, 3.05) is 19.6 Å². The summed E-state index contributed by atoms with van der Waals surface area (Å²) < 4.78 is 14.0. The molecule has 0 spiro atoms. The first-order valence-corrected chi connectivity index (χ1v) is 11.0. The van der Waals surface area contributed by atoms with E-state index in [1.165, 1.54) is 17.8 Å². The number of amidine groups is 1. The predicted octanol–water partition coefficient (Wildman–Crippen LogP) is 4.11. The van der Waals surface area contributed by atoms with Gasteiger partial charge in [-0.05, 0) is 50.6 Å². The van der Waals surface area contributed by atoms with E-state index < -0.39 is 0 Å². The van der Waals surface area contributed by atoms with E-state index in [9.17, 15) is 4.39 Å². The number of pyridine rings is 1. The molecule has 2 atom stereocenters. The van der Waals surface area contributed by atoms with Gasteiger partial charge in [0, 0.05) is 24.8 Å². The van der Waals surface area contributed by atoms with Gasteiger partial charge in [0.15, 0.2) is 5.84 Å². The molecule has 1 aliphatic heterocycles. The number of nitrogens with two attached hydrogens (primary N) is 1. The summed E-state index contributed by atoms with van der Waals surface area (Å²) in [5.41, 5.74) is 9.34. The molecule has 0 saturated carbocycles. The first-order valence-electron chi connectivity index (χ1n) is 11.0. The van der Waals surface area contributed by atoms with Gasteiger partial charge in [-0.15, -0.1) is 0 Å². The molecule has 2 heterocycles. The van der Waals surface area contributed by atoms with Crippen LogP contribution in [0.25, 0.3) is 0 Å². The molecule has 6 nitrogen and oxygen atoms in total. The SMILES string of the molecule is C=N/C(C)=C1/NC(c2cncc(F)c2)N(CC2=CCC(CN)C=C2)C1=NCCCCC. The van der Waals surface area contributed by atoms with Crippen LogP contribution in [0, 0.1) is 11.7 Å². The maximum atomic E-state index is 14.0. The summed E-state index contributed by atoms with van der Waals surface area (Å²) in [5, 5.41) is 3.50. The number of aromatic nitrogens is 1. The second kappa shape index (κ2) is 11.0. The summed E-state index contributed by atoms with van der Waals surface area (Å²) in [6, 6.07) is 1.52. The van der Waals surface area contributed by atoms with E-state index in [2.05, 4.69) is 52.1 Å². The van der Waals surface area contributed by atoms with Crippen molar-refractivity contribution in [3.05, 3.63) is 65.0 Å². The zero-order valence-electron chi connectivity index (χ0n) is 18.5. The number of nitrogens with one attached hydrogen (secondary N) is 1. The van der Waals surface area contributed by atoms with Gasteiger partial charge in [0.2, 0.25) is 0 Å². The molecule has 0 radical (unpaired) electrons. The number of hydrogen-bond acceptors (Lipinski definition) is 5. The molecule has 166 valence electrons. The molecule has 3 N–H and O–H groups in total. The quantitative estimate of drug-likeness (QED) is 0.462. The Morgan fingerprint density at radius 2 is 2.23 bits per heavy atom. The fourth-order valence-electron chi connectivity index (χ4n) is 3.81. The lowest BCUT2D eigenvalue weighted by Crippen LogP contribution is -2.32. The van der Waals surface area contributed by atoms with Crippen molar-refractivity contribution >= 4 is 12.6 Å². The molecule has 31 heavy (non-hydrogen) atoms. The summed E-state index contributed by atoms with van der Waals surface area (Å²) in [6.45, 7) is 9.79. The lowest BCUT2D eigenvalue weighted by Gasteiger charge is -2.27. The molecule has 2 unspecified atom stereocenters. The molecule has 1 saturated heterocycles. The summed E-state index contributed by atoms with van der Waals surface area (Å²) in [5.74, 6) is 0.860. The number of aliphatic imine (C=N–C) groups is 2. The Morgan fingerprint density at radius 1 is 1.39 bits per heavy atom. The Kier molecular flexibility index (Phi) is 8.12. The highest BCUT2D eigenvalue weighted by atomic mass is 19.1. The van der Waals surface area contributed by atoms with Crippen molar-refractivity contribution < 1.29 is 4.39 Å². The molecule has 7 heteroatoms. The van der Waals surface area contributed by atoms with Crippen LogP contribution in [0.4, 0.5) is 4.39 Å². The maximum absolute atomic E-state index is 14.0. The molecule has 1 aromatic heterocycles. The summed E-state index contributed by atoms with van der Waals surface area (Å²) in [6.07, 6.45) is 13.4. The lowest BCUT2D eigenvalue weighted by molar-refractivity contribution is 0.341. The zero-order chi connectivity index (χ0) is 22.2. The smallest absolute Gasteiger partial charge is 0.151 e. The first-order chi connectivity index (χ1) is 15.1. The number of rotatable bonds is 9. The van der Waals surface area contributed by atoms with Gasteiger partial charge in [-0.1, -0.05) is 38.0 Å². The van der Waals surface area contributed by atoms with E-state index in [0.717, 1.165) is 55.0 Å². The third kappa shape index (κ3) is 5.67. The van der Waals surface area contributed by atoms with Gasteiger partial charge in [-0.25, -0.2) is 4.39 Å². The predicted molar refractivity (Wildman–Crippen MR) is 125 cm³/mol. The molecule has 2 aliphatic rings. The minimum Gasteiger partial charge on any atom is -0.357 e. The Balaban J connectivity index is 1.97. The van der Waals surface area contributed by atoms with Crippen LogP contribution in [0.2, 0.25) is 0 Å². The van der Waals surface area contributed by atoms with Gasteiger partial charge in [0.05, 0.1) is 11.9 Å². The fourth-order valence-corrected chi connectivity index (χ4v) is 3.81. The normalized spacial score (nSPS) is 23.7. The van der Waals surface area contributed by atoms with Gasteiger partial charge in [0.1, 0.15) is 17.7 Å². The highest BCUT2D eigenvalue weighted by Gasteiger charge is 2.35. The van der Waals surface area contributed by atoms with Crippen molar-refractivity contribution in [3.8, 4) is 0 Å². The van der Waals surface area contributed by atoms with E-state index in [-0.39, 0.29) is 12.0 Å². The second-order valence-corrected chi connectivity index (χ2v) is 8.01. The number of unbranched alkanes of at least 4 members (excludes halogenated alkanes) is 2. The van der Waals surface area contributed by atoms with Crippen LogP contribution in [0.5, 0.6) is 0 Å². The molecule has 1 aliphatic carbocycles. The van der Waals surface area contributed by atoms with Crippen molar-refractivity contribution in [2.45, 2.75) is 45.7 Å². The van der Waals surface area contributed by atoms with E-state index in [1.807, 2.05) is 6.92 Å². The largest absolute Gasteiger partial charge is 0.357 e. The van der Waals surface area contributed by atoms with Gasteiger partial charge in [-0.2, -0.15) is 0 Å². The average molecular weight is 425 g/mol. The Bertz CT molecular complexity index is 901. The minimum atomic E-state index is -0.362. The second-order valence-electron chi connectivity index (χ2n) is 8.01. The van der Waals surface area contributed by atoms with E-state index >= 15 is 0 Å². The number of allylic oxidation sites excluding steroid dienone is 2. The van der Waals surface area contributed by atoms with E-state index in [4.69, 9.17) is 10.7 Å². The summed E-state index contributed by atoms with van der Waals surface area (Å²) in [7, 11) is 0. The van der Waals surface area contributed by atoms with Gasteiger partial charge in [-0.3, -0.25) is 15.0 Å². The maximum Gasteiger partial charge on any atom is 0.151 e. The monoisotopic (exact) mass is 424 g/mol. The van der Waals surface area contributed by atoms with Crippen LogP contribution in [0.3, 0.4) is 0 Å². The highest BCUT2D eigenvalue weighted by molar-refractivity contribution is 6.01. The van der Waals surface area contributed by atoms with Crippen LogP contribution in [0.1, 0.15) is 51.3 Å². The Labute approximate surface area is 184 Å². The highest BCUT2D eigenvalue weighted by Crippen LogP contribution is 2.31. The molecule has 0 bridgehead atoms. The molecule has 1 aromatic rings. The van der Waals surface area contributed by atoms with Gasteiger partial charge >= 0.3 is 0 Å².